The van der Waals surface area contributed by atoms with Crippen molar-refractivity contribution in [2.75, 3.05) is 6.16 Å². The molecule has 0 bridgehead atoms. The summed E-state index contributed by atoms with van der Waals surface area (Å²) in [6.45, 7) is 3.83. The van der Waals surface area contributed by atoms with Gasteiger partial charge < -0.3 is 4.57 Å². The Morgan fingerprint density at radius 2 is 2.40 bits per heavy atom. The molecule has 1 rings (SSSR count). The van der Waals surface area contributed by atoms with Crippen LogP contribution < -0.4 is 0 Å². The highest BCUT2D eigenvalue weighted by Crippen LogP contribution is 2.59. The van der Waals surface area contributed by atoms with Gasteiger partial charge in [-0.05, 0) is 26.1 Å². The van der Waals surface area contributed by atoms with Gasteiger partial charge in [0.05, 0.1) is 5.12 Å². The largest absolute Gasteiger partial charge is 0.318 e. The lowest BCUT2D eigenvalue weighted by atomic mass is 10.3. The molecule has 1 aliphatic heterocycles. The molecule has 0 amide bonds. The molecular weight excluding hydrogens is 167 g/mol. The zero-order valence-electron chi connectivity index (χ0n) is 6.30. The zero-order chi connectivity index (χ0) is 7.78. The van der Waals surface area contributed by atoms with E-state index >= 15 is 0 Å². The summed E-state index contributed by atoms with van der Waals surface area (Å²) in [6.07, 6.45) is 1.75. The van der Waals surface area contributed by atoms with Crippen LogP contribution in [0.5, 0.6) is 0 Å². The molecule has 0 spiro atoms. The van der Waals surface area contributed by atoms with Gasteiger partial charge in [-0.2, -0.15) is 0 Å². The fourth-order valence-electron chi connectivity index (χ4n) is 1.13. The summed E-state index contributed by atoms with van der Waals surface area (Å²) >= 11 is 5.78. The summed E-state index contributed by atoms with van der Waals surface area (Å²) in [5, 5.41) is -0.176. The van der Waals surface area contributed by atoms with Gasteiger partial charge in [-0.15, -0.1) is 11.6 Å². The van der Waals surface area contributed by atoms with Crippen molar-refractivity contribution in [2.45, 2.75) is 25.4 Å². The van der Waals surface area contributed by atoms with Crippen molar-refractivity contribution in [3.63, 3.8) is 0 Å². The van der Waals surface area contributed by atoms with E-state index in [1.807, 2.05) is 19.7 Å². The molecule has 0 saturated carbocycles. The van der Waals surface area contributed by atoms with Crippen molar-refractivity contribution in [2.24, 2.45) is 0 Å². The highest BCUT2D eigenvalue weighted by molar-refractivity contribution is 7.69. The predicted octanol–water partition coefficient (Wildman–Crippen LogP) is 3.24. The summed E-state index contributed by atoms with van der Waals surface area (Å²) < 4.78 is 11.7. The second-order valence-corrected chi connectivity index (χ2v) is 7.02. The van der Waals surface area contributed by atoms with Crippen molar-refractivity contribution in [1.82, 2.24) is 0 Å². The minimum atomic E-state index is -2.09. The Balaban J connectivity index is 2.83. The van der Waals surface area contributed by atoms with Gasteiger partial charge in [0.1, 0.15) is 7.14 Å². The van der Waals surface area contributed by atoms with Crippen LogP contribution in [0.3, 0.4) is 0 Å². The topological polar surface area (TPSA) is 17.1 Å². The van der Waals surface area contributed by atoms with Crippen LogP contribution >= 0.6 is 18.7 Å². The molecule has 3 heteroatoms. The maximum atomic E-state index is 11.7. The lowest BCUT2D eigenvalue weighted by molar-refractivity contribution is 0.580. The molecule has 0 aromatic carbocycles. The third-order valence-corrected chi connectivity index (χ3v) is 5.89. The van der Waals surface area contributed by atoms with Gasteiger partial charge >= 0.3 is 0 Å². The van der Waals surface area contributed by atoms with Crippen molar-refractivity contribution in [3.8, 4) is 0 Å². The van der Waals surface area contributed by atoms with E-state index in [0.29, 0.717) is 0 Å². The van der Waals surface area contributed by atoms with E-state index in [0.717, 1.165) is 12.6 Å². The van der Waals surface area contributed by atoms with Gasteiger partial charge in [-0.1, -0.05) is 5.57 Å². The highest BCUT2D eigenvalue weighted by Gasteiger charge is 2.29. The second-order valence-electron chi connectivity index (χ2n) is 2.88. The molecule has 0 aromatic heterocycles. The van der Waals surface area contributed by atoms with E-state index in [1.54, 1.807) is 0 Å². The van der Waals surface area contributed by atoms with Gasteiger partial charge in [0.25, 0.3) is 0 Å². The van der Waals surface area contributed by atoms with E-state index in [-0.39, 0.29) is 5.12 Å². The number of hydrogen-bond donors (Lipinski definition) is 0. The SMILES string of the molecule is CC1=CP(=O)(C(C)Cl)CC1. The van der Waals surface area contributed by atoms with Crippen LogP contribution in [0.25, 0.3) is 0 Å². The summed E-state index contributed by atoms with van der Waals surface area (Å²) in [7, 11) is -2.09. The lowest BCUT2D eigenvalue weighted by Gasteiger charge is -2.10. The molecule has 0 aliphatic carbocycles. The van der Waals surface area contributed by atoms with Crippen LogP contribution in [0, 0.1) is 0 Å². The van der Waals surface area contributed by atoms with E-state index in [9.17, 15) is 4.57 Å². The van der Waals surface area contributed by atoms with E-state index < -0.39 is 7.14 Å². The summed E-state index contributed by atoms with van der Waals surface area (Å²) in [4.78, 5) is 0. The fraction of sp³-hybridized carbons (Fsp3) is 0.714. The van der Waals surface area contributed by atoms with Crippen LogP contribution in [0.4, 0.5) is 0 Å². The molecule has 2 unspecified atom stereocenters. The monoisotopic (exact) mass is 178 g/mol. The van der Waals surface area contributed by atoms with Crippen molar-refractivity contribution < 1.29 is 4.57 Å². The average molecular weight is 179 g/mol. The van der Waals surface area contributed by atoms with Crippen molar-refractivity contribution in [3.05, 3.63) is 11.4 Å². The maximum Gasteiger partial charge on any atom is 0.125 e. The molecule has 58 valence electrons. The molecule has 2 atom stereocenters. The first-order chi connectivity index (χ1) is 4.54. The molecule has 1 aliphatic rings. The third-order valence-electron chi connectivity index (χ3n) is 1.90. The first-order valence-electron chi connectivity index (χ1n) is 3.45. The maximum absolute atomic E-state index is 11.7. The van der Waals surface area contributed by atoms with E-state index in [2.05, 4.69) is 0 Å². The van der Waals surface area contributed by atoms with Gasteiger partial charge in [0, 0.05) is 6.16 Å². The van der Waals surface area contributed by atoms with Gasteiger partial charge in [-0.25, -0.2) is 0 Å². The molecule has 10 heavy (non-hydrogen) atoms. The smallest absolute Gasteiger partial charge is 0.125 e. The summed E-state index contributed by atoms with van der Waals surface area (Å²) in [6, 6.07) is 0. The average Bonchev–Trinajstić information content (AvgIpc) is 2.13. The zero-order valence-corrected chi connectivity index (χ0v) is 7.95. The fourth-order valence-corrected chi connectivity index (χ4v) is 3.86. The molecule has 0 radical (unpaired) electrons. The van der Waals surface area contributed by atoms with Crippen LogP contribution in [0.15, 0.2) is 11.4 Å². The number of alkyl halides is 1. The van der Waals surface area contributed by atoms with Crippen molar-refractivity contribution in [1.29, 1.82) is 0 Å². The van der Waals surface area contributed by atoms with Crippen LogP contribution in [-0.2, 0) is 4.57 Å². The highest BCUT2D eigenvalue weighted by atomic mass is 35.5. The normalized spacial score (nSPS) is 35.7. The van der Waals surface area contributed by atoms with E-state index in [4.69, 9.17) is 11.6 Å². The Bertz CT molecular complexity index is 208. The molecule has 0 N–H and O–H groups in total. The van der Waals surface area contributed by atoms with E-state index in [1.165, 1.54) is 5.57 Å². The number of allylic oxidation sites excluding steroid dienone is 1. The molecule has 0 aromatic rings. The lowest BCUT2D eigenvalue weighted by Crippen LogP contribution is -1.91. The van der Waals surface area contributed by atoms with Gasteiger partial charge in [-0.3, -0.25) is 0 Å². The standard InChI is InChI=1S/C7H12ClOP/c1-6-3-4-10(9,5-6)7(2)8/h5,7H,3-4H2,1-2H3. The second kappa shape index (κ2) is 2.71. The quantitative estimate of drug-likeness (QED) is 0.445. The van der Waals surface area contributed by atoms with Gasteiger partial charge in [0.15, 0.2) is 0 Å². The Labute approximate surface area is 66.8 Å². The first kappa shape index (κ1) is 8.36. The molecule has 0 fully saturated rings. The Hall–Kier alpha value is 0.260. The Morgan fingerprint density at radius 3 is 2.60 bits per heavy atom. The summed E-state index contributed by atoms with van der Waals surface area (Å²) in [5.74, 6) is 1.88. The molecule has 0 saturated heterocycles. The number of rotatable bonds is 1. The van der Waals surface area contributed by atoms with Crippen molar-refractivity contribution >= 4 is 18.7 Å². The van der Waals surface area contributed by atoms with Crippen LogP contribution in [0.1, 0.15) is 20.3 Å². The third kappa shape index (κ3) is 1.46. The minimum Gasteiger partial charge on any atom is -0.318 e. The van der Waals surface area contributed by atoms with Gasteiger partial charge in [0.2, 0.25) is 0 Å². The first-order valence-corrected chi connectivity index (χ1v) is 5.92. The minimum absolute atomic E-state index is 0.176. The molecule has 1 heterocycles. The predicted molar refractivity (Wildman–Crippen MR) is 46.2 cm³/mol. The Morgan fingerprint density at radius 1 is 1.80 bits per heavy atom. The van der Waals surface area contributed by atoms with Crippen LogP contribution in [-0.4, -0.2) is 11.3 Å². The van der Waals surface area contributed by atoms with Crippen LogP contribution in [0.2, 0.25) is 0 Å². The number of halogens is 1. The number of hydrogen-bond acceptors (Lipinski definition) is 1. The summed E-state index contributed by atoms with van der Waals surface area (Å²) in [5.41, 5.74) is 1.23. The molecular formula is C7H12ClOP. The molecule has 1 nitrogen and oxygen atoms in total. The Kier molecular flexibility index (Phi) is 2.27.